The van der Waals surface area contributed by atoms with Gasteiger partial charge < -0.3 is 19.4 Å². The number of benzene rings is 1. The molecule has 3 saturated heterocycles. The van der Waals surface area contributed by atoms with Gasteiger partial charge in [-0.3, -0.25) is 9.69 Å². The number of piperazine rings is 2. The van der Waals surface area contributed by atoms with Gasteiger partial charge in [0.25, 0.3) is 0 Å². The van der Waals surface area contributed by atoms with Crippen molar-refractivity contribution in [2.75, 3.05) is 75.3 Å². The predicted octanol–water partition coefficient (Wildman–Crippen LogP) is 2.85. The zero-order valence-corrected chi connectivity index (χ0v) is 21.4. The quantitative estimate of drug-likeness (QED) is 0.560. The zero-order chi connectivity index (χ0) is 24.9. The third kappa shape index (κ3) is 6.25. The maximum Gasteiger partial charge on any atom is 0.223 e. The number of nitrogens with zero attached hydrogens (tertiary/aromatic N) is 6. The van der Waals surface area contributed by atoms with Gasteiger partial charge in [-0.2, -0.15) is 0 Å². The van der Waals surface area contributed by atoms with E-state index in [2.05, 4.69) is 31.0 Å². The Bertz CT molecular complexity index is 1020. The Balaban J connectivity index is 1.05. The van der Waals surface area contributed by atoms with Gasteiger partial charge in [0.05, 0.1) is 11.1 Å². The summed E-state index contributed by atoms with van der Waals surface area (Å²) >= 11 is 5.84. The summed E-state index contributed by atoms with van der Waals surface area (Å²) in [5.74, 6) is 1.44. The van der Waals surface area contributed by atoms with Gasteiger partial charge in [0.15, 0.2) is 11.6 Å². The predicted molar refractivity (Wildman–Crippen MR) is 138 cm³/mol. The normalized spacial score (nSPS) is 21.3. The second-order valence-corrected chi connectivity index (χ2v) is 10.2. The number of aromatic nitrogens is 2. The Morgan fingerprint density at radius 2 is 1.64 bits per heavy atom. The Kier molecular flexibility index (Phi) is 8.19. The van der Waals surface area contributed by atoms with Crippen molar-refractivity contribution in [1.29, 1.82) is 0 Å². The number of halogens is 2. The number of carbonyl (C=O) groups excluding carboxylic acids is 1. The van der Waals surface area contributed by atoms with E-state index in [0.29, 0.717) is 32.0 Å². The summed E-state index contributed by atoms with van der Waals surface area (Å²) in [7, 11) is 0. The molecule has 8 nitrogen and oxygen atoms in total. The Hall–Kier alpha value is -2.49. The van der Waals surface area contributed by atoms with Crippen molar-refractivity contribution < 1.29 is 13.9 Å². The molecule has 5 rings (SSSR count). The first-order chi connectivity index (χ1) is 17.5. The molecule has 0 N–H and O–H groups in total. The van der Waals surface area contributed by atoms with Crippen LogP contribution >= 0.6 is 11.6 Å². The first kappa shape index (κ1) is 25.2. The highest BCUT2D eigenvalue weighted by molar-refractivity contribution is 6.30. The lowest BCUT2D eigenvalue weighted by Gasteiger charge is -2.37. The maximum atomic E-state index is 13.3. The number of carbonyl (C=O) groups is 1. The molecule has 3 aliphatic rings. The topological polar surface area (TPSA) is 65.0 Å². The van der Waals surface area contributed by atoms with Gasteiger partial charge in [-0.15, -0.1) is 10.2 Å². The number of ether oxygens (including phenoxy) is 1. The van der Waals surface area contributed by atoms with Crippen LogP contribution in [0.4, 0.5) is 16.0 Å². The van der Waals surface area contributed by atoms with Gasteiger partial charge in [0.1, 0.15) is 5.82 Å². The maximum absolute atomic E-state index is 13.3. The van der Waals surface area contributed by atoms with Crippen molar-refractivity contribution in [2.45, 2.75) is 31.8 Å². The number of hydrogen-bond donors (Lipinski definition) is 0. The molecule has 3 aliphatic heterocycles. The lowest BCUT2D eigenvalue weighted by molar-refractivity contribution is -0.131. The average molecular weight is 517 g/mol. The molecule has 0 spiro atoms. The Labute approximate surface area is 217 Å². The van der Waals surface area contributed by atoms with Gasteiger partial charge in [0, 0.05) is 71.9 Å². The third-order valence-corrected chi connectivity index (χ3v) is 7.68. The van der Waals surface area contributed by atoms with Crippen LogP contribution in [0.2, 0.25) is 5.02 Å². The monoisotopic (exact) mass is 516 g/mol. The summed E-state index contributed by atoms with van der Waals surface area (Å²) in [4.78, 5) is 21.5. The van der Waals surface area contributed by atoms with E-state index < -0.39 is 5.82 Å². The van der Waals surface area contributed by atoms with Crippen molar-refractivity contribution in [3.63, 3.8) is 0 Å². The molecular weight excluding hydrogens is 483 g/mol. The van der Waals surface area contributed by atoms with E-state index in [0.717, 1.165) is 69.6 Å². The first-order valence-corrected chi connectivity index (χ1v) is 13.3. The number of hydrogen-bond acceptors (Lipinski definition) is 7. The summed E-state index contributed by atoms with van der Waals surface area (Å²) < 4.78 is 19.1. The molecule has 0 bridgehead atoms. The Morgan fingerprint density at radius 1 is 0.972 bits per heavy atom. The van der Waals surface area contributed by atoms with Gasteiger partial charge >= 0.3 is 0 Å². The molecule has 1 atom stereocenters. The summed E-state index contributed by atoms with van der Waals surface area (Å²) in [6.07, 6.45) is 3.71. The molecule has 194 valence electrons. The van der Waals surface area contributed by atoms with E-state index >= 15 is 0 Å². The second kappa shape index (κ2) is 11.7. The smallest absolute Gasteiger partial charge is 0.223 e. The SMILES string of the molecule is O=C(CCc1ccc(F)c(Cl)c1)N1CCN(c2ccc(N3CCN(CC4CCCO4)CC3)nn2)CC1. The molecule has 1 aromatic heterocycles. The third-order valence-electron chi connectivity index (χ3n) is 7.39. The van der Waals surface area contributed by atoms with Crippen molar-refractivity contribution in [2.24, 2.45) is 0 Å². The molecule has 2 aromatic rings. The van der Waals surface area contributed by atoms with Crippen LogP contribution in [0.1, 0.15) is 24.8 Å². The van der Waals surface area contributed by atoms with Crippen molar-refractivity contribution in [3.05, 3.63) is 46.7 Å². The summed E-state index contributed by atoms with van der Waals surface area (Å²) in [5.41, 5.74) is 0.869. The largest absolute Gasteiger partial charge is 0.377 e. The average Bonchev–Trinajstić information content (AvgIpc) is 3.43. The van der Waals surface area contributed by atoms with Crippen LogP contribution in [0.15, 0.2) is 30.3 Å². The first-order valence-electron chi connectivity index (χ1n) is 12.9. The number of amides is 1. The molecule has 1 aromatic carbocycles. The van der Waals surface area contributed by atoms with Crippen LogP contribution in [0.3, 0.4) is 0 Å². The van der Waals surface area contributed by atoms with Crippen molar-refractivity contribution >= 4 is 29.1 Å². The van der Waals surface area contributed by atoms with Gasteiger partial charge in [-0.05, 0) is 49.1 Å². The highest BCUT2D eigenvalue weighted by atomic mass is 35.5. The van der Waals surface area contributed by atoms with Crippen LogP contribution in [-0.2, 0) is 16.0 Å². The number of anilines is 2. The van der Waals surface area contributed by atoms with Gasteiger partial charge in [0.2, 0.25) is 5.91 Å². The molecule has 0 aliphatic carbocycles. The van der Waals surface area contributed by atoms with Crippen LogP contribution in [0, 0.1) is 5.82 Å². The van der Waals surface area contributed by atoms with Crippen molar-refractivity contribution in [1.82, 2.24) is 20.0 Å². The molecule has 0 radical (unpaired) electrons. The van der Waals surface area contributed by atoms with E-state index in [9.17, 15) is 9.18 Å². The van der Waals surface area contributed by atoms with Crippen molar-refractivity contribution in [3.8, 4) is 0 Å². The summed E-state index contributed by atoms with van der Waals surface area (Å²) in [6, 6.07) is 8.72. The summed E-state index contributed by atoms with van der Waals surface area (Å²) in [5, 5.41) is 9.10. The fourth-order valence-corrected chi connectivity index (χ4v) is 5.38. The van der Waals surface area contributed by atoms with Crippen LogP contribution in [0.5, 0.6) is 0 Å². The van der Waals surface area contributed by atoms with E-state index in [4.69, 9.17) is 16.3 Å². The standard InChI is InChI=1S/C26H34ClFN6O2/c27-22-18-20(3-5-23(22)28)4-8-26(35)34-15-13-33(14-16-34)25-7-6-24(29-30-25)32-11-9-31(10-12-32)19-21-2-1-17-36-21/h3,5-7,18,21H,1-2,4,8-17,19H2. The van der Waals surface area contributed by atoms with E-state index in [1.165, 1.54) is 18.9 Å². The molecule has 0 saturated carbocycles. The molecule has 36 heavy (non-hydrogen) atoms. The lowest BCUT2D eigenvalue weighted by Crippen LogP contribution is -2.49. The minimum atomic E-state index is -0.438. The fourth-order valence-electron chi connectivity index (χ4n) is 5.18. The molecule has 3 fully saturated rings. The molecular formula is C26H34ClFN6O2. The fraction of sp³-hybridized carbons (Fsp3) is 0.577. The molecule has 1 unspecified atom stereocenters. The van der Waals surface area contributed by atoms with Crippen LogP contribution < -0.4 is 9.80 Å². The van der Waals surface area contributed by atoms with E-state index in [-0.39, 0.29) is 10.9 Å². The minimum Gasteiger partial charge on any atom is -0.377 e. The summed E-state index contributed by atoms with van der Waals surface area (Å²) in [6.45, 7) is 8.64. The minimum absolute atomic E-state index is 0.0948. The van der Waals surface area contributed by atoms with Crippen LogP contribution in [0.25, 0.3) is 0 Å². The zero-order valence-electron chi connectivity index (χ0n) is 20.6. The van der Waals surface area contributed by atoms with E-state index in [1.54, 1.807) is 12.1 Å². The highest BCUT2D eigenvalue weighted by Crippen LogP contribution is 2.21. The Morgan fingerprint density at radius 3 is 2.22 bits per heavy atom. The number of aryl methyl sites for hydroxylation is 1. The van der Waals surface area contributed by atoms with Crippen LogP contribution in [-0.4, -0.2) is 97.5 Å². The van der Waals surface area contributed by atoms with Gasteiger partial charge in [-0.1, -0.05) is 17.7 Å². The molecule has 4 heterocycles. The van der Waals surface area contributed by atoms with E-state index in [1.807, 2.05) is 11.0 Å². The van der Waals surface area contributed by atoms with Gasteiger partial charge in [-0.25, -0.2) is 4.39 Å². The molecule has 10 heteroatoms. The second-order valence-electron chi connectivity index (χ2n) is 9.79. The molecule has 1 amide bonds. The highest BCUT2D eigenvalue weighted by Gasteiger charge is 2.25. The lowest BCUT2D eigenvalue weighted by atomic mass is 10.1. The number of rotatable bonds is 7.